The normalized spacial score (nSPS) is 10.8. The van der Waals surface area contributed by atoms with Gasteiger partial charge < -0.3 is 0 Å². The van der Waals surface area contributed by atoms with Crippen molar-refractivity contribution in [3.05, 3.63) is 46.2 Å². The molecule has 0 unspecified atom stereocenters. The molecule has 0 amide bonds. The first-order valence-corrected chi connectivity index (χ1v) is 7.73. The average Bonchev–Trinajstić information content (AvgIpc) is 2.63. The van der Waals surface area contributed by atoms with E-state index in [-0.39, 0.29) is 5.78 Å². The number of carbonyl (C=O) groups excluding carboxylic acids is 1. The van der Waals surface area contributed by atoms with Crippen molar-refractivity contribution in [1.82, 2.24) is 9.78 Å². The highest BCUT2D eigenvalue weighted by Gasteiger charge is 2.15. The van der Waals surface area contributed by atoms with E-state index in [2.05, 4.69) is 11.2 Å². The Bertz CT molecular complexity index is 637. The number of benzene rings is 1. The molecule has 1 aromatic carbocycles. The van der Waals surface area contributed by atoms with E-state index in [0.717, 1.165) is 16.2 Å². The summed E-state index contributed by atoms with van der Waals surface area (Å²) in [6.07, 6.45) is 0.345. The van der Waals surface area contributed by atoms with Crippen LogP contribution in [-0.2, 0) is 18.3 Å². The van der Waals surface area contributed by atoms with E-state index in [1.54, 1.807) is 23.5 Å². The topological polar surface area (TPSA) is 34.9 Å². The SMILES string of the molecule is Cc1cccc(SCC(=O)Cc2c(C)nn(C)c2Cl)c1. The molecule has 106 valence electrons. The van der Waals surface area contributed by atoms with Crippen molar-refractivity contribution in [3.8, 4) is 0 Å². The minimum absolute atomic E-state index is 0.162. The standard InChI is InChI=1S/C15H17ClN2OS/c1-10-5-4-6-13(7-10)20-9-12(19)8-14-11(2)17-18(3)15(14)16/h4-7H,8-9H2,1-3H3. The fourth-order valence-electron chi connectivity index (χ4n) is 1.99. The molecule has 0 spiro atoms. The third-order valence-corrected chi connectivity index (χ3v) is 4.56. The molecule has 0 atom stereocenters. The highest BCUT2D eigenvalue weighted by Crippen LogP contribution is 2.22. The van der Waals surface area contributed by atoms with E-state index in [0.29, 0.717) is 17.3 Å². The molecule has 0 aliphatic rings. The second kappa shape index (κ2) is 6.46. The Morgan fingerprint density at radius 1 is 1.40 bits per heavy atom. The van der Waals surface area contributed by atoms with Crippen molar-refractivity contribution < 1.29 is 4.79 Å². The Balaban J connectivity index is 1.96. The van der Waals surface area contributed by atoms with Gasteiger partial charge in [-0.25, -0.2) is 0 Å². The van der Waals surface area contributed by atoms with Crippen LogP contribution in [0.15, 0.2) is 29.2 Å². The number of aromatic nitrogens is 2. The first-order valence-electron chi connectivity index (χ1n) is 6.36. The monoisotopic (exact) mass is 308 g/mol. The molecule has 1 heterocycles. The predicted octanol–water partition coefficient (Wildman–Crippen LogP) is 3.59. The molecule has 0 saturated heterocycles. The van der Waals surface area contributed by atoms with Gasteiger partial charge in [-0.1, -0.05) is 29.3 Å². The van der Waals surface area contributed by atoms with Gasteiger partial charge in [-0.05, 0) is 26.0 Å². The summed E-state index contributed by atoms with van der Waals surface area (Å²) in [5.41, 5.74) is 2.86. The van der Waals surface area contributed by atoms with Crippen molar-refractivity contribution >= 4 is 29.1 Å². The lowest BCUT2D eigenvalue weighted by molar-refractivity contribution is -0.116. The zero-order valence-corrected chi connectivity index (χ0v) is 13.4. The van der Waals surface area contributed by atoms with Crippen LogP contribution in [0, 0.1) is 13.8 Å². The maximum Gasteiger partial charge on any atom is 0.147 e. The zero-order chi connectivity index (χ0) is 14.7. The molecule has 2 aromatic rings. The molecule has 0 N–H and O–H groups in total. The molecule has 0 bridgehead atoms. The van der Waals surface area contributed by atoms with Gasteiger partial charge in [-0.15, -0.1) is 11.8 Å². The van der Waals surface area contributed by atoms with E-state index < -0.39 is 0 Å². The number of ketones is 1. The second-order valence-corrected chi connectivity index (χ2v) is 6.21. The molecule has 20 heavy (non-hydrogen) atoms. The molecule has 0 aliphatic heterocycles. The van der Waals surface area contributed by atoms with Crippen LogP contribution in [0.2, 0.25) is 5.15 Å². The zero-order valence-electron chi connectivity index (χ0n) is 11.8. The summed E-state index contributed by atoms with van der Waals surface area (Å²) in [5, 5.41) is 4.77. The van der Waals surface area contributed by atoms with Gasteiger partial charge in [0.2, 0.25) is 0 Å². The molecular weight excluding hydrogens is 292 g/mol. The predicted molar refractivity (Wildman–Crippen MR) is 83.6 cm³/mol. The number of hydrogen-bond donors (Lipinski definition) is 0. The fourth-order valence-corrected chi connectivity index (χ4v) is 3.11. The number of aryl methyl sites for hydroxylation is 3. The number of thioether (sulfide) groups is 1. The lowest BCUT2D eigenvalue weighted by atomic mass is 10.1. The van der Waals surface area contributed by atoms with Gasteiger partial charge in [0, 0.05) is 23.9 Å². The maximum atomic E-state index is 12.1. The number of halogens is 1. The summed E-state index contributed by atoms with van der Waals surface area (Å²) in [4.78, 5) is 13.2. The van der Waals surface area contributed by atoms with Gasteiger partial charge in [0.15, 0.2) is 0 Å². The van der Waals surface area contributed by atoms with Crippen molar-refractivity contribution in [3.63, 3.8) is 0 Å². The highest BCUT2D eigenvalue weighted by atomic mass is 35.5. The van der Waals surface area contributed by atoms with Crippen molar-refractivity contribution in [1.29, 1.82) is 0 Å². The molecule has 1 aromatic heterocycles. The van der Waals surface area contributed by atoms with E-state index in [1.807, 2.05) is 32.0 Å². The van der Waals surface area contributed by atoms with Crippen molar-refractivity contribution in [2.75, 3.05) is 5.75 Å². The molecule has 0 fully saturated rings. The van der Waals surface area contributed by atoms with E-state index in [4.69, 9.17) is 11.6 Å². The summed E-state index contributed by atoms with van der Waals surface area (Å²) in [6, 6.07) is 8.16. The lowest BCUT2D eigenvalue weighted by Gasteiger charge is -2.03. The molecule has 3 nitrogen and oxygen atoms in total. The Morgan fingerprint density at radius 3 is 2.75 bits per heavy atom. The minimum atomic E-state index is 0.162. The number of rotatable bonds is 5. The van der Waals surface area contributed by atoms with Crippen LogP contribution in [-0.4, -0.2) is 21.3 Å². The Labute approximate surface area is 128 Å². The third-order valence-electron chi connectivity index (χ3n) is 3.03. The summed E-state index contributed by atoms with van der Waals surface area (Å²) in [5.74, 6) is 0.614. The number of hydrogen-bond acceptors (Lipinski definition) is 3. The Morgan fingerprint density at radius 2 is 2.15 bits per heavy atom. The van der Waals surface area contributed by atoms with Gasteiger partial charge in [0.05, 0.1) is 11.4 Å². The van der Waals surface area contributed by atoms with Crippen LogP contribution < -0.4 is 0 Å². The summed E-state index contributed by atoms with van der Waals surface area (Å²) in [7, 11) is 1.78. The maximum absolute atomic E-state index is 12.1. The molecule has 0 aliphatic carbocycles. The van der Waals surface area contributed by atoms with Gasteiger partial charge >= 0.3 is 0 Å². The lowest BCUT2D eigenvalue weighted by Crippen LogP contribution is -2.06. The van der Waals surface area contributed by atoms with Crippen molar-refractivity contribution in [2.24, 2.45) is 7.05 Å². The van der Waals surface area contributed by atoms with Gasteiger partial charge in [0.25, 0.3) is 0 Å². The van der Waals surface area contributed by atoms with Crippen LogP contribution in [0.25, 0.3) is 0 Å². The minimum Gasteiger partial charge on any atom is -0.298 e. The largest absolute Gasteiger partial charge is 0.298 e. The van der Waals surface area contributed by atoms with Gasteiger partial charge in [-0.2, -0.15) is 5.10 Å². The van der Waals surface area contributed by atoms with Crippen molar-refractivity contribution in [2.45, 2.75) is 25.2 Å². The number of nitrogens with zero attached hydrogens (tertiary/aromatic N) is 2. The van der Waals surface area contributed by atoms with Crippen LogP contribution in [0.1, 0.15) is 16.8 Å². The molecule has 0 saturated carbocycles. The van der Waals surface area contributed by atoms with Crippen LogP contribution in [0.5, 0.6) is 0 Å². The molecule has 0 radical (unpaired) electrons. The first-order chi connectivity index (χ1) is 9.47. The Kier molecular flexibility index (Phi) is 4.89. The van der Waals surface area contributed by atoms with Gasteiger partial charge in [-0.3, -0.25) is 9.48 Å². The quantitative estimate of drug-likeness (QED) is 0.792. The average molecular weight is 309 g/mol. The molecular formula is C15H17ClN2OS. The molecule has 5 heteroatoms. The second-order valence-electron chi connectivity index (χ2n) is 4.80. The summed E-state index contributed by atoms with van der Waals surface area (Å²) >= 11 is 7.70. The summed E-state index contributed by atoms with van der Waals surface area (Å²) in [6.45, 7) is 3.92. The van der Waals surface area contributed by atoms with Crippen LogP contribution in [0.4, 0.5) is 0 Å². The Hall–Kier alpha value is -1.26. The summed E-state index contributed by atoms with van der Waals surface area (Å²) < 4.78 is 1.60. The molecule has 2 rings (SSSR count). The third kappa shape index (κ3) is 3.64. The van der Waals surface area contributed by atoms with E-state index in [1.165, 1.54) is 5.56 Å². The van der Waals surface area contributed by atoms with Crippen LogP contribution in [0.3, 0.4) is 0 Å². The van der Waals surface area contributed by atoms with Gasteiger partial charge in [0.1, 0.15) is 10.9 Å². The highest BCUT2D eigenvalue weighted by molar-refractivity contribution is 8.00. The van der Waals surface area contributed by atoms with E-state index in [9.17, 15) is 4.79 Å². The van der Waals surface area contributed by atoms with E-state index >= 15 is 0 Å². The smallest absolute Gasteiger partial charge is 0.147 e. The fraction of sp³-hybridized carbons (Fsp3) is 0.333. The number of carbonyl (C=O) groups is 1. The first kappa shape index (κ1) is 15.1. The number of Topliss-reactive ketones (excluding diaryl/α,β-unsaturated/α-hetero) is 1. The van der Waals surface area contributed by atoms with Crippen LogP contribution >= 0.6 is 23.4 Å².